The van der Waals surface area contributed by atoms with Gasteiger partial charge in [0.15, 0.2) is 0 Å². The van der Waals surface area contributed by atoms with E-state index in [9.17, 15) is 12.9 Å². The summed E-state index contributed by atoms with van der Waals surface area (Å²) < 4.78 is 45.0. The number of ether oxygens (including phenoxy) is 1. The van der Waals surface area contributed by atoms with Crippen molar-refractivity contribution in [2.24, 2.45) is 7.05 Å². The lowest BCUT2D eigenvalue weighted by molar-refractivity contribution is 0.295. The van der Waals surface area contributed by atoms with Gasteiger partial charge >= 0.3 is 6.98 Å². The highest BCUT2D eigenvalue weighted by molar-refractivity contribution is 6.73. The van der Waals surface area contributed by atoms with Gasteiger partial charge in [0.25, 0.3) is 0 Å². The summed E-state index contributed by atoms with van der Waals surface area (Å²) in [4.78, 5) is 0. The summed E-state index contributed by atoms with van der Waals surface area (Å²) in [5.74, 6) is 0.209. The molecule has 7 heteroatoms. The average Bonchev–Trinajstić information content (AvgIpc) is 2.76. The van der Waals surface area contributed by atoms with Gasteiger partial charge in [-0.25, -0.2) is 0 Å². The lowest BCUT2D eigenvalue weighted by Crippen LogP contribution is -2.33. The Morgan fingerprint density at radius 3 is 2.60 bits per heavy atom. The normalized spacial score (nSPS) is 11.7. The molecule has 0 aliphatic rings. The number of hydrogen-bond donors (Lipinski definition) is 0. The molecule has 0 aliphatic carbocycles. The molecule has 0 fully saturated rings. The van der Waals surface area contributed by atoms with Crippen molar-refractivity contribution in [3.63, 3.8) is 0 Å². The maximum Gasteiger partial charge on any atom is 0.509 e. The molecule has 2 aromatic rings. The third kappa shape index (κ3) is 3.34. The molecule has 0 aliphatic heterocycles. The molecule has 0 atom stereocenters. The number of aryl methyl sites for hydroxylation is 2. The Morgan fingerprint density at radius 1 is 1.25 bits per heavy atom. The van der Waals surface area contributed by atoms with Crippen LogP contribution in [0.5, 0.6) is 5.75 Å². The molecule has 0 saturated heterocycles. The first-order valence-corrected chi connectivity index (χ1v) is 6.34. The number of rotatable bonds is 5. The zero-order chi connectivity index (χ0) is 14.8. The Bertz CT molecular complexity index is 596. The predicted molar refractivity (Wildman–Crippen MR) is 72.1 cm³/mol. The molecule has 1 aromatic carbocycles. The van der Waals surface area contributed by atoms with Gasteiger partial charge in [0.1, 0.15) is 12.4 Å². The van der Waals surface area contributed by atoms with Gasteiger partial charge in [0.2, 0.25) is 0 Å². The SMILES string of the molecule is CCc1cc(COc2cccc([B-](F)(F)F)c2)n(C)n1. The smallest absolute Gasteiger partial charge is 0.487 e. The molecule has 2 rings (SSSR count). The number of benzene rings is 1. The van der Waals surface area contributed by atoms with Crippen LogP contribution in [0.3, 0.4) is 0 Å². The Kier molecular flexibility index (Phi) is 4.06. The molecule has 0 radical (unpaired) electrons. The van der Waals surface area contributed by atoms with Crippen LogP contribution in [0.25, 0.3) is 0 Å². The van der Waals surface area contributed by atoms with Crippen molar-refractivity contribution in [3.8, 4) is 5.75 Å². The van der Waals surface area contributed by atoms with E-state index in [0.717, 1.165) is 29.9 Å². The number of hydrogen-bond acceptors (Lipinski definition) is 2. The van der Waals surface area contributed by atoms with E-state index in [4.69, 9.17) is 4.74 Å². The van der Waals surface area contributed by atoms with Crippen molar-refractivity contribution in [3.05, 3.63) is 41.7 Å². The van der Waals surface area contributed by atoms with Crippen LogP contribution < -0.4 is 10.2 Å². The van der Waals surface area contributed by atoms with Gasteiger partial charge in [0, 0.05) is 7.05 Å². The van der Waals surface area contributed by atoms with E-state index < -0.39 is 12.4 Å². The lowest BCUT2D eigenvalue weighted by atomic mass is 9.80. The molecular formula is C13H15BF3N2O-. The molecule has 1 aromatic heterocycles. The van der Waals surface area contributed by atoms with Gasteiger partial charge in [-0.15, -0.1) is 5.46 Å². The summed E-state index contributed by atoms with van der Waals surface area (Å²) in [6, 6.07) is 6.82. The molecular weight excluding hydrogens is 268 g/mol. The summed E-state index contributed by atoms with van der Waals surface area (Å²) in [6.45, 7) is -2.82. The minimum atomic E-state index is -5.00. The van der Waals surface area contributed by atoms with E-state index in [1.807, 2.05) is 13.0 Å². The van der Waals surface area contributed by atoms with Gasteiger partial charge in [-0.05, 0) is 24.6 Å². The van der Waals surface area contributed by atoms with Crippen LogP contribution >= 0.6 is 0 Å². The molecule has 0 spiro atoms. The van der Waals surface area contributed by atoms with Crippen molar-refractivity contribution >= 4 is 12.4 Å². The number of aromatic nitrogens is 2. The third-order valence-corrected chi connectivity index (χ3v) is 3.01. The second kappa shape index (κ2) is 5.60. The lowest BCUT2D eigenvalue weighted by Gasteiger charge is -2.16. The minimum Gasteiger partial charge on any atom is -0.487 e. The van der Waals surface area contributed by atoms with E-state index in [1.54, 1.807) is 11.7 Å². The summed E-state index contributed by atoms with van der Waals surface area (Å²) in [6.07, 6.45) is 0.805. The highest BCUT2D eigenvalue weighted by Crippen LogP contribution is 2.16. The summed E-state index contributed by atoms with van der Waals surface area (Å²) in [7, 11) is 1.78. The largest absolute Gasteiger partial charge is 0.509 e. The first kappa shape index (κ1) is 14.5. The Morgan fingerprint density at radius 2 is 2.00 bits per heavy atom. The second-order valence-corrected chi connectivity index (χ2v) is 4.54. The standard InChI is InChI=1S/C13H15BF3N2O/c1-3-11-8-12(19(2)18-11)9-20-13-6-4-5-10(7-13)14(15,16)17/h4-8H,3,9H2,1-2H3/q-1. The maximum atomic E-state index is 12.6. The zero-order valence-corrected chi connectivity index (χ0v) is 11.3. The van der Waals surface area contributed by atoms with Crippen LogP contribution in [0.4, 0.5) is 12.9 Å². The van der Waals surface area contributed by atoms with Crippen molar-refractivity contribution in [2.45, 2.75) is 20.0 Å². The molecule has 108 valence electrons. The molecule has 20 heavy (non-hydrogen) atoms. The third-order valence-electron chi connectivity index (χ3n) is 3.01. The molecule has 1 heterocycles. The average molecular weight is 283 g/mol. The van der Waals surface area contributed by atoms with E-state index in [1.165, 1.54) is 12.1 Å². The van der Waals surface area contributed by atoms with E-state index >= 15 is 0 Å². The van der Waals surface area contributed by atoms with Crippen molar-refractivity contribution in [1.82, 2.24) is 9.78 Å². The maximum absolute atomic E-state index is 12.6. The molecule has 3 nitrogen and oxygen atoms in total. The summed E-state index contributed by atoms with van der Waals surface area (Å²) in [5, 5.41) is 4.26. The van der Waals surface area contributed by atoms with Crippen LogP contribution in [-0.4, -0.2) is 16.8 Å². The van der Waals surface area contributed by atoms with E-state index in [0.29, 0.717) is 0 Å². The fourth-order valence-electron chi connectivity index (χ4n) is 1.84. The van der Waals surface area contributed by atoms with Crippen molar-refractivity contribution in [2.75, 3.05) is 0 Å². The van der Waals surface area contributed by atoms with Crippen molar-refractivity contribution in [1.29, 1.82) is 0 Å². The van der Waals surface area contributed by atoms with Gasteiger partial charge in [-0.3, -0.25) is 4.68 Å². The summed E-state index contributed by atoms with van der Waals surface area (Å²) in [5.41, 5.74) is 1.10. The quantitative estimate of drug-likeness (QED) is 0.789. The van der Waals surface area contributed by atoms with Crippen LogP contribution in [0.2, 0.25) is 0 Å². The number of halogens is 3. The monoisotopic (exact) mass is 283 g/mol. The Labute approximate surface area is 115 Å². The Balaban J connectivity index is 2.09. The molecule has 0 saturated carbocycles. The fraction of sp³-hybridized carbons (Fsp3) is 0.308. The predicted octanol–water partition coefficient (Wildman–Crippen LogP) is 2.62. The van der Waals surface area contributed by atoms with Crippen molar-refractivity contribution < 1.29 is 17.7 Å². The minimum absolute atomic E-state index is 0.192. The second-order valence-electron chi connectivity index (χ2n) is 4.54. The molecule has 0 N–H and O–H groups in total. The molecule has 0 unspecified atom stereocenters. The van der Waals surface area contributed by atoms with Gasteiger partial charge in [-0.2, -0.15) is 5.10 Å². The highest BCUT2D eigenvalue weighted by atomic mass is 19.4. The first-order chi connectivity index (χ1) is 9.40. The van der Waals surface area contributed by atoms with Gasteiger partial charge in [-0.1, -0.05) is 19.1 Å². The molecule has 0 bridgehead atoms. The Hall–Kier alpha value is -1.92. The van der Waals surface area contributed by atoms with Gasteiger partial charge < -0.3 is 17.7 Å². The van der Waals surface area contributed by atoms with E-state index in [2.05, 4.69) is 5.10 Å². The fourth-order valence-corrected chi connectivity index (χ4v) is 1.84. The zero-order valence-electron chi connectivity index (χ0n) is 11.3. The number of nitrogens with zero attached hydrogens (tertiary/aromatic N) is 2. The highest BCUT2D eigenvalue weighted by Gasteiger charge is 2.25. The van der Waals surface area contributed by atoms with Crippen LogP contribution in [0.15, 0.2) is 30.3 Å². The topological polar surface area (TPSA) is 27.1 Å². The van der Waals surface area contributed by atoms with Crippen LogP contribution in [0, 0.1) is 0 Å². The summed E-state index contributed by atoms with van der Waals surface area (Å²) >= 11 is 0. The first-order valence-electron chi connectivity index (χ1n) is 6.34. The van der Waals surface area contributed by atoms with E-state index in [-0.39, 0.29) is 12.4 Å². The van der Waals surface area contributed by atoms with Gasteiger partial charge in [0.05, 0.1) is 11.4 Å². The molecule has 0 amide bonds. The van der Waals surface area contributed by atoms with Crippen LogP contribution in [0.1, 0.15) is 18.3 Å². The van der Waals surface area contributed by atoms with Crippen LogP contribution in [-0.2, 0) is 20.1 Å².